The van der Waals surface area contributed by atoms with E-state index in [9.17, 15) is 0 Å². The first kappa shape index (κ1) is 15.0. The Kier molecular flexibility index (Phi) is 7.87. The largest absolute Gasteiger partial charge is 0.314 e. The average molecular weight is 240 g/mol. The molecule has 102 valence electrons. The predicted octanol–water partition coefficient (Wildman–Crippen LogP) is 3.42. The Morgan fingerprint density at radius 2 is 1.88 bits per heavy atom. The highest BCUT2D eigenvalue weighted by Gasteiger charge is 2.19. The van der Waals surface area contributed by atoms with Crippen molar-refractivity contribution in [1.82, 2.24) is 10.2 Å². The molecule has 17 heavy (non-hydrogen) atoms. The van der Waals surface area contributed by atoms with E-state index >= 15 is 0 Å². The Hall–Kier alpha value is -0.0800. The number of hydrogen-bond donors (Lipinski definition) is 1. The van der Waals surface area contributed by atoms with Crippen LogP contribution in [0.3, 0.4) is 0 Å². The van der Waals surface area contributed by atoms with Crippen LogP contribution in [0.5, 0.6) is 0 Å². The molecule has 1 unspecified atom stereocenters. The van der Waals surface area contributed by atoms with Crippen LogP contribution in [0.15, 0.2) is 0 Å². The molecule has 0 amide bonds. The zero-order valence-electron chi connectivity index (χ0n) is 12.2. The maximum Gasteiger partial charge on any atom is 0.00951 e. The topological polar surface area (TPSA) is 15.3 Å². The van der Waals surface area contributed by atoms with Gasteiger partial charge in [0, 0.05) is 12.1 Å². The van der Waals surface area contributed by atoms with E-state index in [2.05, 4.69) is 31.0 Å². The van der Waals surface area contributed by atoms with E-state index in [4.69, 9.17) is 0 Å². The normalized spacial score (nSPS) is 19.8. The van der Waals surface area contributed by atoms with E-state index in [1.54, 1.807) is 0 Å². The molecule has 1 atom stereocenters. The molecule has 0 aromatic carbocycles. The Balaban J connectivity index is 2.21. The summed E-state index contributed by atoms with van der Waals surface area (Å²) in [6.07, 6.45) is 9.77. The molecule has 2 heteroatoms. The van der Waals surface area contributed by atoms with Gasteiger partial charge in [0.25, 0.3) is 0 Å². The van der Waals surface area contributed by atoms with Crippen molar-refractivity contribution in [3.8, 4) is 0 Å². The molecule has 0 heterocycles. The van der Waals surface area contributed by atoms with Crippen molar-refractivity contribution < 1.29 is 0 Å². The van der Waals surface area contributed by atoms with Crippen LogP contribution in [0.25, 0.3) is 0 Å². The molecule has 1 rings (SSSR count). The van der Waals surface area contributed by atoms with Gasteiger partial charge < -0.3 is 10.2 Å². The van der Waals surface area contributed by atoms with Crippen molar-refractivity contribution in [2.24, 2.45) is 0 Å². The molecule has 2 nitrogen and oxygen atoms in total. The molecule has 0 aliphatic heterocycles. The third-order valence-electron chi connectivity index (χ3n) is 4.09. The second-order valence-corrected chi connectivity index (χ2v) is 5.56. The SMILES string of the molecule is CCCNC(C)CCN(CC)C1CCCCC1. The van der Waals surface area contributed by atoms with E-state index in [0.717, 1.165) is 12.6 Å². The summed E-state index contributed by atoms with van der Waals surface area (Å²) in [4.78, 5) is 2.71. The molecule has 0 saturated heterocycles. The van der Waals surface area contributed by atoms with Crippen molar-refractivity contribution in [3.63, 3.8) is 0 Å². The summed E-state index contributed by atoms with van der Waals surface area (Å²) < 4.78 is 0. The van der Waals surface area contributed by atoms with Gasteiger partial charge in [-0.25, -0.2) is 0 Å². The van der Waals surface area contributed by atoms with Crippen LogP contribution in [-0.4, -0.2) is 36.6 Å². The molecule has 1 fully saturated rings. The molecule has 0 radical (unpaired) electrons. The Bertz CT molecular complexity index is 176. The summed E-state index contributed by atoms with van der Waals surface area (Å²) in [5.74, 6) is 0. The van der Waals surface area contributed by atoms with Crippen LogP contribution in [0, 0.1) is 0 Å². The van der Waals surface area contributed by atoms with Crippen molar-refractivity contribution >= 4 is 0 Å². The molecule has 1 aliphatic carbocycles. The van der Waals surface area contributed by atoms with Gasteiger partial charge in [-0.1, -0.05) is 33.1 Å². The molecule has 1 saturated carbocycles. The summed E-state index contributed by atoms with van der Waals surface area (Å²) in [5, 5.41) is 3.59. The maximum absolute atomic E-state index is 3.59. The van der Waals surface area contributed by atoms with Crippen molar-refractivity contribution in [1.29, 1.82) is 0 Å². The van der Waals surface area contributed by atoms with Gasteiger partial charge in [0.05, 0.1) is 0 Å². The maximum atomic E-state index is 3.59. The number of hydrogen-bond acceptors (Lipinski definition) is 2. The zero-order chi connectivity index (χ0) is 12.5. The summed E-state index contributed by atoms with van der Waals surface area (Å²) in [5.41, 5.74) is 0. The molecule has 0 aromatic heterocycles. The second-order valence-electron chi connectivity index (χ2n) is 5.56. The molecular formula is C15H32N2. The lowest BCUT2D eigenvalue weighted by molar-refractivity contribution is 0.157. The average Bonchev–Trinajstić information content (AvgIpc) is 2.38. The van der Waals surface area contributed by atoms with Gasteiger partial charge in [0.1, 0.15) is 0 Å². The Morgan fingerprint density at radius 1 is 1.18 bits per heavy atom. The lowest BCUT2D eigenvalue weighted by Crippen LogP contribution is -2.40. The summed E-state index contributed by atoms with van der Waals surface area (Å²) in [6, 6.07) is 1.56. The molecule has 0 bridgehead atoms. The van der Waals surface area contributed by atoms with Crippen molar-refractivity contribution in [3.05, 3.63) is 0 Å². The van der Waals surface area contributed by atoms with E-state index in [1.165, 1.54) is 58.0 Å². The molecule has 1 N–H and O–H groups in total. The van der Waals surface area contributed by atoms with Crippen LogP contribution < -0.4 is 5.32 Å². The van der Waals surface area contributed by atoms with Crippen LogP contribution in [0.4, 0.5) is 0 Å². The van der Waals surface area contributed by atoms with Crippen LogP contribution in [0.1, 0.15) is 65.7 Å². The molecular weight excluding hydrogens is 208 g/mol. The fourth-order valence-corrected chi connectivity index (χ4v) is 2.90. The minimum Gasteiger partial charge on any atom is -0.314 e. The number of rotatable bonds is 8. The van der Waals surface area contributed by atoms with Crippen LogP contribution >= 0.6 is 0 Å². The van der Waals surface area contributed by atoms with E-state index in [-0.39, 0.29) is 0 Å². The third kappa shape index (κ3) is 5.87. The number of nitrogens with zero attached hydrogens (tertiary/aromatic N) is 1. The second kappa shape index (κ2) is 8.93. The summed E-state index contributed by atoms with van der Waals surface area (Å²) >= 11 is 0. The van der Waals surface area contributed by atoms with Gasteiger partial charge >= 0.3 is 0 Å². The van der Waals surface area contributed by atoms with Gasteiger partial charge in [0.15, 0.2) is 0 Å². The zero-order valence-corrected chi connectivity index (χ0v) is 12.2. The highest BCUT2D eigenvalue weighted by molar-refractivity contribution is 4.76. The smallest absolute Gasteiger partial charge is 0.00951 e. The van der Waals surface area contributed by atoms with Crippen LogP contribution in [0.2, 0.25) is 0 Å². The Labute approximate surface area is 108 Å². The van der Waals surface area contributed by atoms with E-state index in [0.29, 0.717) is 6.04 Å². The van der Waals surface area contributed by atoms with Gasteiger partial charge in [-0.15, -0.1) is 0 Å². The van der Waals surface area contributed by atoms with E-state index in [1.807, 2.05) is 0 Å². The fraction of sp³-hybridized carbons (Fsp3) is 1.00. The lowest BCUT2D eigenvalue weighted by atomic mass is 9.94. The first-order chi connectivity index (χ1) is 8.27. The van der Waals surface area contributed by atoms with E-state index < -0.39 is 0 Å². The Morgan fingerprint density at radius 3 is 2.47 bits per heavy atom. The van der Waals surface area contributed by atoms with Gasteiger partial charge in [-0.3, -0.25) is 0 Å². The number of nitrogens with one attached hydrogen (secondary N) is 1. The predicted molar refractivity (Wildman–Crippen MR) is 76.5 cm³/mol. The van der Waals surface area contributed by atoms with Crippen molar-refractivity contribution in [2.75, 3.05) is 19.6 Å². The van der Waals surface area contributed by atoms with Gasteiger partial charge in [0.2, 0.25) is 0 Å². The lowest BCUT2D eigenvalue weighted by Gasteiger charge is -2.34. The van der Waals surface area contributed by atoms with Gasteiger partial charge in [-0.05, 0) is 52.2 Å². The minimum atomic E-state index is 0.674. The molecule has 0 spiro atoms. The molecule has 0 aromatic rings. The van der Waals surface area contributed by atoms with Gasteiger partial charge in [-0.2, -0.15) is 0 Å². The molecule has 1 aliphatic rings. The standard InChI is InChI=1S/C15H32N2/c1-4-12-16-14(3)11-13-17(5-2)15-9-7-6-8-10-15/h14-16H,4-13H2,1-3H3. The van der Waals surface area contributed by atoms with Crippen molar-refractivity contribution in [2.45, 2.75) is 77.8 Å². The summed E-state index contributed by atoms with van der Waals surface area (Å²) in [6.45, 7) is 10.5. The monoisotopic (exact) mass is 240 g/mol. The third-order valence-corrected chi connectivity index (χ3v) is 4.09. The van der Waals surface area contributed by atoms with Crippen LogP contribution in [-0.2, 0) is 0 Å². The quantitative estimate of drug-likeness (QED) is 0.699. The highest BCUT2D eigenvalue weighted by Crippen LogP contribution is 2.22. The first-order valence-electron chi connectivity index (χ1n) is 7.75. The fourth-order valence-electron chi connectivity index (χ4n) is 2.90. The minimum absolute atomic E-state index is 0.674. The highest BCUT2D eigenvalue weighted by atomic mass is 15.1. The summed E-state index contributed by atoms with van der Waals surface area (Å²) in [7, 11) is 0. The first-order valence-corrected chi connectivity index (χ1v) is 7.75.